The number of carbonyl (C=O) groups is 1. The number of H-pyrrole nitrogens is 1. The lowest BCUT2D eigenvalue weighted by Crippen LogP contribution is -2.16. The van der Waals surface area contributed by atoms with Gasteiger partial charge in [-0.05, 0) is 74.9 Å². The van der Waals surface area contributed by atoms with E-state index in [1.165, 1.54) is 12.1 Å². The van der Waals surface area contributed by atoms with Crippen LogP contribution in [0.4, 0.5) is 13.2 Å². The fraction of sp³-hybridized carbons (Fsp3) is 0.407. The van der Waals surface area contributed by atoms with Crippen LogP contribution in [-0.2, 0) is 17.4 Å². The summed E-state index contributed by atoms with van der Waals surface area (Å²) in [6.07, 6.45) is -1.55. The molecule has 1 aliphatic rings. The Balaban J connectivity index is 1.55. The molecule has 2 unspecified atom stereocenters. The van der Waals surface area contributed by atoms with Crippen LogP contribution in [0.5, 0.6) is 5.75 Å². The van der Waals surface area contributed by atoms with Gasteiger partial charge < -0.3 is 14.8 Å². The molecule has 2 aromatic carbocycles. The molecule has 0 radical (unpaired) electrons. The van der Waals surface area contributed by atoms with E-state index in [1.54, 1.807) is 0 Å². The standard InChI is InChI=1S/C27H29F3N2O3/c1-4-17(26(33)34)14-20-9-12-22(13-15(20)2)35-24(18-5-6-18)23-16(3)31-25(32-23)19-7-10-21(11-8-19)27(28,29)30/h7-13,17-18,24H,4-6,14H2,1-3H3,(H,31,32)(H,33,34). The number of halogens is 3. The highest BCUT2D eigenvalue weighted by Gasteiger charge is 2.37. The van der Waals surface area contributed by atoms with E-state index in [2.05, 4.69) is 9.97 Å². The molecule has 0 bridgehead atoms. The molecule has 1 heterocycles. The molecule has 1 aromatic heterocycles. The van der Waals surface area contributed by atoms with E-state index in [4.69, 9.17) is 4.74 Å². The highest BCUT2D eigenvalue weighted by molar-refractivity contribution is 5.70. The van der Waals surface area contributed by atoms with Crippen molar-refractivity contribution in [3.8, 4) is 17.1 Å². The van der Waals surface area contributed by atoms with Gasteiger partial charge in [0.25, 0.3) is 0 Å². The number of rotatable bonds is 9. The lowest BCUT2D eigenvalue weighted by molar-refractivity contribution is -0.141. The van der Waals surface area contributed by atoms with Gasteiger partial charge in [0.15, 0.2) is 0 Å². The lowest BCUT2D eigenvalue weighted by atomic mass is 9.94. The van der Waals surface area contributed by atoms with E-state index in [0.29, 0.717) is 35.9 Å². The number of benzene rings is 2. The molecular weight excluding hydrogens is 457 g/mol. The Kier molecular flexibility index (Phi) is 6.92. The monoisotopic (exact) mass is 486 g/mol. The molecule has 4 rings (SSSR count). The smallest absolute Gasteiger partial charge is 0.416 e. The average molecular weight is 487 g/mol. The Bertz CT molecular complexity index is 1200. The minimum Gasteiger partial charge on any atom is -0.484 e. The number of aromatic amines is 1. The second-order valence-corrected chi connectivity index (χ2v) is 9.27. The quantitative estimate of drug-likeness (QED) is 0.345. The van der Waals surface area contributed by atoms with Crippen LogP contribution in [0, 0.1) is 25.7 Å². The second kappa shape index (κ2) is 9.76. The third kappa shape index (κ3) is 5.69. The lowest BCUT2D eigenvalue weighted by Gasteiger charge is -2.20. The maximum atomic E-state index is 12.9. The summed E-state index contributed by atoms with van der Waals surface area (Å²) in [4.78, 5) is 19.3. The first-order valence-electron chi connectivity index (χ1n) is 11.8. The van der Waals surface area contributed by atoms with Crippen LogP contribution in [0.2, 0.25) is 0 Å². The number of nitrogens with zero attached hydrogens (tertiary/aromatic N) is 1. The van der Waals surface area contributed by atoms with Crippen LogP contribution in [0.1, 0.15) is 60.4 Å². The largest absolute Gasteiger partial charge is 0.484 e. The van der Waals surface area contributed by atoms with Crippen LogP contribution in [0.15, 0.2) is 42.5 Å². The van der Waals surface area contributed by atoms with Crippen molar-refractivity contribution in [3.05, 3.63) is 70.5 Å². The minimum atomic E-state index is -4.38. The molecule has 186 valence electrons. The SMILES string of the molecule is CCC(Cc1ccc(OC(c2[nH]c(-c3ccc(C(F)(F)F)cc3)nc2C)C2CC2)cc1C)C(=O)O. The summed E-state index contributed by atoms with van der Waals surface area (Å²) in [7, 11) is 0. The highest BCUT2D eigenvalue weighted by Crippen LogP contribution is 2.44. The molecule has 0 spiro atoms. The summed E-state index contributed by atoms with van der Waals surface area (Å²) in [6.45, 7) is 5.69. The molecule has 0 saturated heterocycles. The third-order valence-corrected chi connectivity index (χ3v) is 6.63. The van der Waals surface area contributed by atoms with E-state index in [1.807, 2.05) is 39.0 Å². The predicted octanol–water partition coefficient (Wildman–Crippen LogP) is 6.90. The number of aromatic nitrogens is 2. The molecule has 1 fully saturated rings. The Morgan fingerprint density at radius 3 is 2.40 bits per heavy atom. The van der Waals surface area contributed by atoms with Crippen LogP contribution >= 0.6 is 0 Å². The fourth-order valence-electron chi connectivity index (χ4n) is 4.28. The first kappa shape index (κ1) is 24.8. The second-order valence-electron chi connectivity index (χ2n) is 9.27. The van der Waals surface area contributed by atoms with Crippen LogP contribution < -0.4 is 4.74 Å². The average Bonchev–Trinajstić information content (AvgIpc) is 3.57. The van der Waals surface area contributed by atoms with Crippen molar-refractivity contribution < 1.29 is 27.8 Å². The molecule has 5 nitrogen and oxygen atoms in total. The molecule has 35 heavy (non-hydrogen) atoms. The van der Waals surface area contributed by atoms with Crippen LogP contribution in [-0.4, -0.2) is 21.0 Å². The fourth-order valence-corrected chi connectivity index (χ4v) is 4.28. The summed E-state index contributed by atoms with van der Waals surface area (Å²) in [5.41, 5.74) is 3.40. The summed E-state index contributed by atoms with van der Waals surface area (Å²) >= 11 is 0. The van der Waals surface area contributed by atoms with Gasteiger partial charge in [0.1, 0.15) is 17.7 Å². The normalized spacial score (nSPS) is 15.6. The summed E-state index contributed by atoms with van der Waals surface area (Å²) in [5, 5.41) is 9.37. The van der Waals surface area contributed by atoms with Gasteiger partial charge in [0.2, 0.25) is 0 Å². The maximum absolute atomic E-state index is 12.9. The minimum absolute atomic E-state index is 0.252. The molecule has 8 heteroatoms. The van der Waals surface area contributed by atoms with Gasteiger partial charge in [-0.2, -0.15) is 13.2 Å². The summed E-state index contributed by atoms with van der Waals surface area (Å²) in [6, 6.07) is 10.7. The van der Waals surface area contributed by atoms with Gasteiger partial charge in [0, 0.05) is 11.5 Å². The van der Waals surface area contributed by atoms with Gasteiger partial charge in [-0.3, -0.25) is 4.79 Å². The topological polar surface area (TPSA) is 75.2 Å². The summed E-state index contributed by atoms with van der Waals surface area (Å²) in [5.74, 6) is 0.310. The molecule has 0 aliphatic heterocycles. The number of alkyl halides is 3. The first-order valence-corrected chi connectivity index (χ1v) is 11.8. The van der Waals surface area contributed by atoms with Gasteiger partial charge in [0.05, 0.1) is 22.9 Å². The van der Waals surface area contributed by atoms with E-state index in [0.717, 1.165) is 47.5 Å². The van der Waals surface area contributed by atoms with Crippen LogP contribution in [0.3, 0.4) is 0 Å². The zero-order valence-corrected chi connectivity index (χ0v) is 19.9. The van der Waals surface area contributed by atoms with Crippen molar-refractivity contribution in [1.29, 1.82) is 0 Å². The molecular formula is C27H29F3N2O3. The van der Waals surface area contributed by atoms with Crippen LogP contribution in [0.25, 0.3) is 11.4 Å². The molecule has 2 N–H and O–H groups in total. The molecule has 0 amide bonds. The van der Waals surface area contributed by atoms with Gasteiger partial charge in [-0.1, -0.05) is 25.1 Å². The van der Waals surface area contributed by atoms with Crippen molar-refractivity contribution in [3.63, 3.8) is 0 Å². The van der Waals surface area contributed by atoms with Gasteiger partial charge >= 0.3 is 12.1 Å². The predicted molar refractivity (Wildman–Crippen MR) is 126 cm³/mol. The molecule has 1 aliphatic carbocycles. The van der Waals surface area contributed by atoms with Crippen molar-refractivity contribution in [2.75, 3.05) is 0 Å². The Morgan fingerprint density at radius 2 is 1.86 bits per heavy atom. The zero-order valence-electron chi connectivity index (χ0n) is 19.9. The van der Waals surface area contributed by atoms with Crippen molar-refractivity contribution >= 4 is 5.97 Å². The first-order chi connectivity index (χ1) is 16.6. The number of hydrogen-bond donors (Lipinski definition) is 2. The number of aryl methyl sites for hydroxylation is 2. The van der Waals surface area contributed by atoms with Crippen molar-refractivity contribution in [2.24, 2.45) is 11.8 Å². The number of hydrogen-bond acceptors (Lipinski definition) is 3. The van der Waals surface area contributed by atoms with E-state index in [-0.39, 0.29) is 6.10 Å². The van der Waals surface area contributed by atoms with E-state index >= 15 is 0 Å². The van der Waals surface area contributed by atoms with E-state index in [9.17, 15) is 23.1 Å². The van der Waals surface area contributed by atoms with E-state index < -0.39 is 23.6 Å². The van der Waals surface area contributed by atoms with Crippen molar-refractivity contribution in [2.45, 2.75) is 58.7 Å². The zero-order chi connectivity index (χ0) is 25.3. The number of aliphatic carboxylic acids is 1. The van der Waals surface area contributed by atoms with Crippen molar-refractivity contribution in [1.82, 2.24) is 9.97 Å². The molecule has 2 atom stereocenters. The Labute approximate surface area is 202 Å². The third-order valence-electron chi connectivity index (χ3n) is 6.63. The molecule has 3 aromatic rings. The molecule has 1 saturated carbocycles. The van der Waals surface area contributed by atoms with Gasteiger partial charge in [-0.25, -0.2) is 4.98 Å². The maximum Gasteiger partial charge on any atom is 0.416 e. The highest BCUT2D eigenvalue weighted by atomic mass is 19.4. The number of imidazole rings is 1. The number of carboxylic acids is 1. The summed E-state index contributed by atoms with van der Waals surface area (Å²) < 4.78 is 45.1. The Morgan fingerprint density at radius 1 is 1.17 bits per heavy atom. The number of carboxylic acid groups (broad SMARTS) is 1. The number of nitrogens with one attached hydrogen (secondary N) is 1. The van der Waals surface area contributed by atoms with Gasteiger partial charge in [-0.15, -0.1) is 0 Å². The Hall–Kier alpha value is -3.29. The number of ether oxygens (including phenoxy) is 1.